The zero-order chi connectivity index (χ0) is 14.5. The number of rotatable bonds is 6. The van der Waals surface area contributed by atoms with E-state index in [9.17, 15) is 20.1 Å². The van der Waals surface area contributed by atoms with Gasteiger partial charge in [0.05, 0.1) is 11.2 Å². The van der Waals surface area contributed by atoms with E-state index < -0.39 is 17.3 Å². The summed E-state index contributed by atoms with van der Waals surface area (Å²) in [6.07, 6.45) is 0.371. The Morgan fingerprint density at radius 2 is 2.11 bits per heavy atom. The zero-order valence-electron chi connectivity index (χ0n) is 11.0. The number of amides is 1. The Morgan fingerprint density at radius 1 is 1.42 bits per heavy atom. The van der Waals surface area contributed by atoms with Gasteiger partial charge in [0.25, 0.3) is 5.91 Å². The molecule has 1 atom stereocenters. The summed E-state index contributed by atoms with van der Waals surface area (Å²) in [7, 11) is 1.53. The molecule has 0 aliphatic carbocycles. The molecular weight excluding hydrogens is 250 g/mol. The maximum Gasteiger partial charge on any atom is 0.255 e. The highest BCUT2D eigenvalue weighted by Gasteiger charge is 2.22. The first-order valence-electron chi connectivity index (χ1n) is 5.88. The van der Waals surface area contributed by atoms with Crippen molar-refractivity contribution in [3.05, 3.63) is 23.8 Å². The van der Waals surface area contributed by atoms with E-state index >= 15 is 0 Å². The number of phenols is 2. The van der Waals surface area contributed by atoms with E-state index in [1.165, 1.54) is 25.3 Å². The van der Waals surface area contributed by atoms with E-state index in [2.05, 4.69) is 5.32 Å². The van der Waals surface area contributed by atoms with Gasteiger partial charge in [0, 0.05) is 26.7 Å². The number of carbonyl (C=O) groups is 1. The second-order valence-corrected chi connectivity index (χ2v) is 4.60. The fourth-order valence-electron chi connectivity index (χ4n) is 1.49. The second-order valence-electron chi connectivity index (χ2n) is 4.60. The molecule has 6 nitrogen and oxygen atoms in total. The van der Waals surface area contributed by atoms with Crippen LogP contribution in [-0.2, 0) is 4.74 Å². The van der Waals surface area contributed by atoms with Crippen LogP contribution in [0.5, 0.6) is 11.5 Å². The van der Waals surface area contributed by atoms with Gasteiger partial charge >= 0.3 is 0 Å². The average molecular weight is 269 g/mol. The van der Waals surface area contributed by atoms with E-state index in [-0.39, 0.29) is 17.9 Å². The highest BCUT2D eigenvalue weighted by atomic mass is 16.5. The lowest BCUT2D eigenvalue weighted by atomic mass is 10.0. The van der Waals surface area contributed by atoms with Crippen molar-refractivity contribution in [3.8, 4) is 11.5 Å². The number of aromatic hydroxyl groups is 2. The van der Waals surface area contributed by atoms with Gasteiger partial charge in [-0.05, 0) is 19.1 Å². The predicted octanol–water partition coefficient (Wildman–Crippen LogP) is 0.615. The maximum absolute atomic E-state index is 11.8. The summed E-state index contributed by atoms with van der Waals surface area (Å²) < 4.78 is 4.86. The molecule has 0 bridgehead atoms. The fraction of sp³-hybridized carbons (Fsp3) is 0.462. The Labute approximate surface area is 111 Å². The van der Waals surface area contributed by atoms with Crippen molar-refractivity contribution in [2.75, 3.05) is 20.3 Å². The van der Waals surface area contributed by atoms with Crippen LogP contribution in [0.3, 0.4) is 0 Å². The number of aliphatic hydroxyl groups is 1. The summed E-state index contributed by atoms with van der Waals surface area (Å²) in [6, 6.07) is 4.11. The molecule has 1 amide bonds. The average Bonchev–Trinajstić information content (AvgIpc) is 2.37. The van der Waals surface area contributed by atoms with Crippen LogP contribution in [-0.4, -0.2) is 47.1 Å². The number of benzene rings is 1. The summed E-state index contributed by atoms with van der Waals surface area (Å²) in [5.41, 5.74) is -1.14. The maximum atomic E-state index is 11.8. The minimum atomic E-state index is -1.10. The molecule has 0 radical (unpaired) electrons. The smallest absolute Gasteiger partial charge is 0.255 e. The number of phenolic OH excluding ortho intramolecular Hbond substituents is 2. The summed E-state index contributed by atoms with van der Waals surface area (Å²) in [5, 5.41) is 31.3. The molecule has 1 rings (SSSR count). The van der Waals surface area contributed by atoms with E-state index in [0.717, 1.165) is 0 Å². The third-order valence-corrected chi connectivity index (χ3v) is 2.73. The van der Waals surface area contributed by atoms with E-state index in [4.69, 9.17) is 4.74 Å². The molecule has 106 valence electrons. The van der Waals surface area contributed by atoms with Crippen LogP contribution in [0.15, 0.2) is 18.2 Å². The molecule has 1 aromatic rings. The molecule has 6 heteroatoms. The minimum absolute atomic E-state index is 0.0181. The number of hydrogen-bond donors (Lipinski definition) is 4. The van der Waals surface area contributed by atoms with Crippen molar-refractivity contribution in [1.29, 1.82) is 0 Å². The number of methoxy groups -OCH3 is 1. The first-order valence-corrected chi connectivity index (χ1v) is 5.88. The van der Waals surface area contributed by atoms with E-state index in [1.807, 2.05) is 0 Å². The molecule has 0 aliphatic rings. The molecule has 1 unspecified atom stereocenters. The Hall–Kier alpha value is -1.79. The Bertz CT molecular complexity index is 445. The van der Waals surface area contributed by atoms with Crippen LogP contribution in [0, 0.1) is 0 Å². The number of hydrogen-bond acceptors (Lipinski definition) is 5. The van der Waals surface area contributed by atoms with Gasteiger partial charge in [-0.15, -0.1) is 0 Å². The largest absolute Gasteiger partial charge is 0.504 e. The van der Waals surface area contributed by atoms with Crippen LogP contribution in [0.4, 0.5) is 0 Å². The van der Waals surface area contributed by atoms with E-state index in [1.54, 1.807) is 6.92 Å². The first kappa shape index (κ1) is 15.3. The van der Waals surface area contributed by atoms with Gasteiger partial charge in [-0.1, -0.05) is 6.07 Å². The van der Waals surface area contributed by atoms with Crippen molar-refractivity contribution in [3.63, 3.8) is 0 Å². The molecule has 0 heterocycles. The Kier molecular flexibility index (Phi) is 5.14. The third-order valence-electron chi connectivity index (χ3n) is 2.73. The lowest BCUT2D eigenvalue weighted by Crippen LogP contribution is -2.41. The zero-order valence-corrected chi connectivity index (χ0v) is 11.0. The molecule has 19 heavy (non-hydrogen) atoms. The van der Waals surface area contributed by atoms with Crippen LogP contribution >= 0.6 is 0 Å². The number of nitrogens with one attached hydrogen (secondary N) is 1. The number of para-hydroxylation sites is 1. The monoisotopic (exact) mass is 269 g/mol. The molecule has 0 saturated carbocycles. The van der Waals surface area contributed by atoms with Crippen molar-refractivity contribution in [1.82, 2.24) is 5.32 Å². The molecular formula is C13H19NO5. The van der Waals surface area contributed by atoms with E-state index in [0.29, 0.717) is 13.0 Å². The van der Waals surface area contributed by atoms with Crippen LogP contribution < -0.4 is 5.32 Å². The van der Waals surface area contributed by atoms with Crippen molar-refractivity contribution in [2.24, 2.45) is 0 Å². The van der Waals surface area contributed by atoms with Gasteiger partial charge in [-0.2, -0.15) is 0 Å². The molecule has 0 fully saturated rings. The van der Waals surface area contributed by atoms with Gasteiger partial charge < -0.3 is 25.4 Å². The normalized spacial score (nSPS) is 13.8. The lowest BCUT2D eigenvalue weighted by molar-refractivity contribution is 0.0243. The summed E-state index contributed by atoms with van der Waals surface area (Å²) in [4.78, 5) is 11.8. The summed E-state index contributed by atoms with van der Waals surface area (Å²) in [6.45, 7) is 1.97. The summed E-state index contributed by atoms with van der Waals surface area (Å²) in [5.74, 6) is -1.40. The van der Waals surface area contributed by atoms with Gasteiger partial charge in [-0.3, -0.25) is 4.79 Å². The van der Waals surface area contributed by atoms with Crippen LogP contribution in [0.2, 0.25) is 0 Å². The highest BCUT2D eigenvalue weighted by molar-refractivity contribution is 5.97. The Balaban J connectivity index is 2.63. The fourth-order valence-corrected chi connectivity index (χ4v) is 1.49. The summed E-state index contributed by atoms with van der Waals surface area (Å²) >= 11 is 0. The van der Waals surface area contributed by atoms with Crippen LogP contribution in [0.1, 0.15) is 23.7 Å². The second kappa shape index (κ2) is 6.40. The van der Waals surface area contributed by atoms with Gasteiger partial charge in [-0.25, -0.2) is 0 Å². The van der Waals surface area contributed by atoms with Gasteiger partial charge in [0.2, 0.25) is 0 Å². The van der Waals surface area contributed by atoms with Gasteiger partial charge in [0.15, 0.2) is 11.5 Å². The van der Waals surface area contributed by atoms with Crippen molar-refractivity contribution >= 4 is 5.91 Å². The van der Waals surface area contributed by atoms with Gasteiger partial charge in [0.1, 0.15) is 0 Å². The topological polar surface area (TPSA) is 99.0 Å². The minimum Gasteiger partial charge on any atom is -0.504 e. The standard InChI is InChI=1S/C13H19NO5/c1-13(18,6-7-19-2)8-14-12(17)9-4-3-5-10(15)11(9)16/h3-5,15-16,18H,6-8H2,1-2H3,(H,14,17). The van der Waals surface area contributed by atoms with Crippen molar-refractivity contribution < 1.29 is 24.9 Å². The van der Waals surface area contributed by atoms with Crippen molar-refractivity contribution in [2.45, 2.75) is 18.9 Å². The number of ether oxygens (including phenoxy) is 1. The molecule has 0 aromatic heterocycles. The lowest BCUT2D eigenvalue weighted by Gasteiger charge is -2.23. The molecule has 0 spiro atoms. The SMILES string of the molecule is COCCC(C)(O)CNC(=O)c1cccc(O)c1O. The molecule has 0 aliphatic heterocycles. The van der Waals surface area contributed by atoms with Crippen LogP contribution in [0.25, 0.3) is 0 Å². The predicted molar refractivity (Wildman–Crippen MR) is 69.2 cm³/mol. The molecule has 1 aromatic carbocycles. The number of carbonyl (C=O) groups excluding carboxylic acids is 1. The molecule has 4 N–H and O–H groups in total. The first-order chi connectivity index (χ1) is 8.87. The Morgan fingerprint density at radius 3 is 2.74 bits per heavy atom. The highest BCUT2D eigenvalue weighted by Crippen LogP contribution is 2.27. The molecule has 0 saturated heterocycles. The third kappa shape index (κ3) is 4.42. The quantitative estimate of drug-likeness (QED) is 0.567.